The standard InChI is InChI=1S/C15H11N5S/c1-3-10(17-5-1)13-14(11-4-2-6-18-11)21-15(20-13)12-9-16-7-8-19-12/h1-9,17-18H. The summed E-state index contributed by atoms with van der Waals surface area (Å²) in [7, 11) is 0. The maximum atomic E-state index is 4.74. The molecular weight excluding hydrogens is 282 g/mol. The first-order valence-electron chi connectivity index (χ1n) is 6.46. The summed E-state index contributed by atoms with van der Waals surface area (Å²) in [6, 6.07) is 8.01. The van der Waals surface area contributed by atoms with E-state index in [9.17, 15) is 0 Å². The van der Waals surface area contributed by atoms with E-state index in [0.717, 1.165) is 32.7 Å². The number of thiazole rings is 1. The molecule has 0 bridgehead atoms. The van der Waals surface area contributed by atoms with E-state index in [1.165, 1.54) is 0 Å². The average molecular weight is 293 g/mol. The molecule has 0 saturated carbocycles. The summed E-state index contributed by atoms with van der Waals surface area (Å²) >= 11 is 1.60. The van der Waals surface area contributed by atoms with E-state index < -0.39 is 0 Å². The van der Waals surface area contributed by atoms with Crippen LogP contribution in [0.15, 0.2) is 55.2 Å². The van der Waals surface area contributed by atoms with Gasteiger partial charge in [0.2, 0.25) is 0 Å². The van der Waals surface area contributed by atoms with Gasteiger partial charge in [0.05, 0.1) is 22.5 Å². The molecule has 0 unspecified atom stereocenters. The summed E-state index contributed by atoms with van der Waals surface area (Å²) in [6.07, 6.45) is 8.88. The van der Waals surface area contributed by atoms with Crippen LogP contribution in [0.2, 0.25) is 0 Å². The molecule has 0 atom stereocenters. The Morgan fingerprint density at radius 3 is 2.43 bits per heavy atom. The van der Waals surface area contributed by atoms with Gasteiger partial charge in [-0.25, -0.2) is 4.98 Å². The molecule has 0 aromatic carbocycles. The first kappa shape index (κ1) is 12.0. The highest BCUT2D eigenvalue weighted by atomic mass is 32.1. The van der Waals surface area contributed by atoms with Crippen molar-refractivity contribution in [2.75, 3.05) is 0 Å². The van der Waals surface area contributed by atoms with Crippen LogP contribution in [-0.4, -0.2) is 24.9 Å². The summed E-state index contributed by atoms with van der Waals surface area (Å²) in [5.41, 5.74) is 3.75. The molecular formula is C15H11N5S. The Morgan fingerprint density at radius 2 is 1.76 bits per heavy atom. The zero-order valence-electron chi connectivity index (χ0n) is 10.9. The molecule has 0 amide bonds. The monoisotopic (exact) mass is 293 g/mol. The maximum absolute atomic E-state index is 4.74. The van der Waals surface area contributed by atoms with Gasteiger partial charge in [0.25, 0.3) is 0 Å². The van der Waals surface area contributed by atoms with Crippen LogP contribution in [0.5, 0.6) is 0 Å². The van der Waals surface area contributed by atoms with Crippen molar-refractivity contribution in [1.82, 2.24) is 24.9 Å². The molecule has 0 spiro atoms. The van der Waals surface area contributed by atoms with Crippen molar-refractivity contribution in [2.24, 2.45) is 0 Å². The third-order valence-corrected chi connectivity index (χ3v) is 4.22. The van der Waals surface area contributed by atoms with Gasteiger partial charge in [0, 0.05) is 24.8 Å². The molecule has 0 fully saturated rings. The molecule has 0 radical (unpaired) electrons. The van der Waals surface area contributed by atoms with Crippen molar-refractivity contribution in [1.29, 1.82) is 0 Å². The Bertz CT molecular complexity index is 780. The minimum Gasteiger partial charge on any atom is -0.360 e. The Kier molecular flexibility index (Phi) is 2.86. The van der Waals surface area contributed by atoms with Crippen molar-refractivity contribution in [3.8, 4) is 32.7 Å². The van der Waals surface area contributed by atoms with Crippen molar-refractivity contribution in [3.05, 3.63) is 55.2 Å². The number of aromatic nitrogens is 5. The van der Waals surface area contributed by atoms with Gasteiger partial charge in [0.1, 0.15) is 16.4 Å². The van der Waals surface area contributed by atoms with E-state index in [2.05, 4.69) is 19.9 Å². The predicted octanol–water partition coefficient (Wildman–Crippen LogP) is 3.59. The Labute approximate surface area is 124 Å². The molecule has 0 aliphatic rings. The van der Waals surface area contributed by atoms with Crippen LogP contribution in [0.25, 0.3) is 32.7 Å². The molecule has 0 aliphatic heterocycles. The van der Waals surface area contributed by atoms with Gasteiger partial charge in [-0.2, -0.15) is 0 Å². The SMILES string of the molecule is c1c[nH]c(-c2nc(-c3cnccn3)sc2-c2ccc[nH]2)c1. The normalized spacial score (nSPS) is 10.9. The third kappa shape index (κ3) is 2.15. The highest BCUT2D eigenvalue weighted by Crippen LogP contribution is 2.38. The van der Waals surface area contributed by atoms with Gasteiger partial charge in [-0.05, 0) is 24.3 Å². The number of nitrogens with zero attached hydrogens (tertiary/aromatic N) is 3. The first-order chi connectivity index (χ1) is 10.4. The van der Waals surface area contributed by atoms with Gasteiger partial charge in [0.15, 0.2) is 0 Å². The van der Waals surface area contributed by atoms with Gasteiger partial charge in [-0.15, -0.1) is 11.3 Å². The van der Waals surface area contributed by atoms with Gasteiger partial charge in [-0.1, -0.05) is 0 Å². The molecule has 5 nitrogen and oxygen atoms in total. The number of H-pyrrole nitrogens is 2. The molecule has 4 aromatic rings. The fourth-order valence-corrected chi connectivity index (χ4v) is 3.18. The van der Waals surface area contributed by atoms with Crippen LogP contribution in [-0.2, 0) is 0 Å². The topological polar surface area (TPSA) is 70.2 Å². The van der Waals surface area contributed by atoms with E-state index in [-0.39, 0.29) is 0 Å². The van der Waals surface area contributed by atoms with Crippen LogP contribution >= 0.6 is 11.3 Å². The molecule has 0 aliphatic carbocycles. The van der Waals surface area contributed by atoms with Crippen molar-refractivity contribution < 1.29 is 0 Å². The van der Waals surface area contributed by atoms with Gasteiger partial charge >= 0.3 is 0 Å². The van der Waals surface area contributed by atoms with Crippen molar-refractivity contribution >= 4 is 11.3 Å². The first-order valence-corrected chi connectivity index (χ1v) is 7.28. The fourth-order valence-electron chi connectivity index (χ4n) is 2.15. The number of rotatable bonds is 3. The quantitative estimate of drug-likeness (QED) is 0.606. The van der Waals surface area contributed by atoms with Gasteiger partial charge < -0.3 is 9.97 Å². The molecule has 4 heterocycles. The molecule has 0 saturated heterocycles. The smallest absolute Gasteiger partial charge is 0.144 e. The van der Waals surface area contributed by atoms with E-state index in [1.54, 1.807) is 29.9 Å². The molecule has 2 N–H and O–H groups in total. The molecule has 4 aromatic heterocycles. The molecule has 102 valence electrons. The lowest BCUT2D eigenvalue weighted by molar-refractivity contribution is 1.19. The second-order valence-corrected chi connectivity index (χ2v) is 5.45. The second kappa shape index (κ2) is 4.99. The maximum Gasteiger partial charge on any atom is 0.144 e. The van der Waals surface area contributed by atoms with Crippen molar-refractivity contribution in [3.63, 3.8) is 0 Å². The number of nitrogens with one attached hydrogen (secondary N) is 2. The Morgan fingerprint density at radius 1 is 0.952 bits per heavy atom. The summed E-state index contributed by atoms with van der Waals surface area (Å²) < 4.78 is 0. The van der Waals surface area contributed by atoms with E-state index in [0.29, 0.717) is 0 Å². The van der Waals surface area contributed by atoms with E-state index >= 15 is 0 Å². The fraction of sp³-hybridized carbons (Fsp3) is 0. The highest BCUT2D eigenvalue weighted by Gasteiger charge is 2.17. The predicted molar refractivity (Wildman–Crippen MR) is 82.7 cm³/mol. The van der Waals surface area contributed by atoms with Crippen molar-refractivity contribution in [2.45, 2.75) is 0 Å². The van der Waals surface area contributed by atoms with Gasteiger partial charge in [-0.3, -0.25) is 9.97 Å². The molecule has 21 heavy (non-hydrogen) atoms. The lowest BCUT2D eigenvalue weighted by atomic mass is 10.2. The number of hydrogen-bond acceptors (Lipinski definition) is 4. The highest BCUT2D eigenvalue weighted by molar-refractivity contribution is 7.18. The summed E-state index contributed by atoms with van der Waals surface area (Å²) in [4.78, 5) is 20.7. The van der Waals surface area contributed by atoms with Crippen LogP contribution in [0, 0.1) is 0 Å². The molecule has 4 rings (SSSR count). The number of aromatic amines is 2. The third-order valence-electron chi connectivity index (χ3n) is 3.11. The minimum atomic E-state index is 0.785. The van der Waals surface area contributed by atoms with Crippen LogP contribution < -0.4 is 0 Å². The zero-order valence-corrected chi connectivity index (χ0v) is 11.8. The summed E-state index contributed by atoms with van der Waals surface area (Å²) in [5, 5.41) is 0.859. The van der Waals surface area contributed by atoms with E-state index in [4.69, 9.17) is 4.98 Å². The zero-order chi connectivity index (χ0) is 14.1. The Balaban J connectivity index is 1.91. The Hall–Kier alpha value is -2.73. The average Bonchev–Trinajstić information content (AvgIpc) is 3.27. The summed E-state index contributed by atoms with van der Waals surface area (Å²) in [6.45, 7) is 0. The largest absolute Gasteiger partial charge is 0.360 e. The summed E-state index contributed by atoms with van der Waals surface area (Å²) in [5.74, 6) is 0. The lowest BCUT2D eigenvalue weighted by Gasteiger charge is -1.97. The van der Waals surface area contributed by atoms with Crippen LogP contribution in [0.1, 0.15) is 0 Å². The minimum absolute atomic E-state index is 0.785. The second-order valence-electron chi connectivity index (χ2n) is 4.45. The van der Waals surface area contributed by atoms with E-state index in [1.807, 2.05) is 36.7 Å². The van der Waals surface area contributed by atoms with Crippen LogP contribution in [0.3, 0.4) is 0 Å². The van der Waals surface area contributed by atoms with Crippen LogP contribution in [0.4, 0.5) is 0 Å². The molecule has 6 heteroatoms. The number of hydrogen-bond donors (Lipinski definition) is 2. The lowest BCUT2D eigenvalue weighted by Crippen LogP contribution is -1.84.